The Morgan fingerprint density at radius 1 is 1.00 bits per heavy atom. The Kier molecular flexibility index (Phi) is 3.48. The van der Waals surface area contributed by atoms with Gasteiger partial charge in [-0.2, -0.15) is 13.2 Å². The van der Waals surface area contributed by atoms with Gasteiger partial charge in [-0.05, 0) is 35.4 Å². The van der Waals surface area contributed by atoms with Gasteiger partial charge in [0.25, 0.3) is 0 Å². The molecule has 2 aromatic carbocycles. The summed E-state index contributed by atoms with van der Waals surface area (Å²) in [5.41, 5.74) is -1.06. The van der Waals surface area contributed by atoms with Crippen LogP contribution in [0.2, 0.25) is 0 Å². The molecule has 0 heterocycles. The predicted octanol–water partition coefficient (Wildman–Crippen LogP) is 4.21. The Bertz CT molecular complexity index is 662. The van der Waals surface area contributed by atoms with Crippen LogP contribution in [0.5, 0.6) is 0 Å². The molecule has 0 aliphatic heterocycles. The van der Waals surface area contributed by atoms with Crippen molar-refractivity contribution in [3.8, 4) is 11.1 Å². The molecule has 0 saturated heterocycles. The summed E-state index contributed by atoms with van der Waals surface area (Å²) in [6, 6.07) is 7.97. The molecule has 2 rings (SSSR count). The molecule has 0 aliphatic rings. The van der Waals surface area contributed by atoms with Crippen molar-refractivity contribution in [2.75, 3.05) is 0 Å². The third kappa shape index (κ3) is 2.79. The first-order valence-electron chi connectivity index (χ1n) is 5.49. The number of hydrogen-bond acceptors (Lipinski definition) is 1. The highest BCUT2D eigenvalue weighted by Crippen LogP contribution is 2.34. The Hall–Kier alpha value is -2.37. The number of carbonyl (C=O) groups is 1. The van der Waals surface area contributed by atoms with E-state index in [4.69, 9.17) is 5.11 Å². The Morgan fingerprint density at radius 3 is 2.25 bits per heavy atom. The van der Waals surface area contributed by atoms with Gasteiger partial charge in [0.2, 0.25) is 0 Å². The summed E-state index contributed by atoms with van der Waals surface area (Å²) in [6.07, 6.45) is -4.80. The lowest BCUT2D eigenvalue weighted by atomic mass is 10.0. The van der Waals surface area contributed by atoms with Crippen molar-refractivity contribution in [3.63, 3.8) is 0 Å². The SMILES string of the molecule is O=C(O)c1cccc(-c2ccc(F)c(C(F)(F)F)c2)c1. The van der Waals surface area contributed by atoms with E-state index in [0.717, 1.165) is 0 Å². The molecule has 1 N–H and O–H groups in total. The van der Waals surface area contributed by atoms with E-state index in [1.165, 1.54) is 30.3 Å². The second-order valence-electron chi connectivity index (χ2n) is 4.08. The third-order valence-electron chi connectivity index (χ3n) is 2.71. The normalized spacial score (nSPS) is 11.4. The van der Waals surface area contributed by atoms with Crippen LogP contribution in [0.4, 0.5) is 17.6 Å². The van der Waals surface area contributed by atoms with Gasteiger partial charge in [0.05, 0.1) is 11.1 Å². The minimum Gasteiger partial charge on any atom is -0.478 e. The smallest absolute Gasteiger partial charge is 0.419 e. The number of rotatable bonds is 2. The van der Waals surface area contributed by atoms with E-state index in [0.29, 0.717) is 12.1 Å². The molecule has 6 heteroatoms. The lowest BCUT2D eigenvalue weighted by Gasteiger charge is -2.10. The van der Waals surface area contributed by atoms with E-state index >= 15 is 0 Å². The van der Waals surface area contributed by atoms with Crippen LogP contribution in [-0.4, -0.2) is 11.1 Å². The molecule has 0 aliphatic carbocycles. The summed E-state index contributed by atoms with van der Waals surface area (Å²) in [6.45, 7) is 0. The predicted molar refractivity (Wildman–Crippen MR) is 63.8 cm³/mol. The molecule has 2 aromatic rings. The highest BCUT2D eigenvalue weighted by Gasteiger charge is 2.34. The zero-order valence-corrected chi connectivity index (χ0v) is 9.91. The lowest BCUT2D eigenvalue weighted by Crippen LogP contribution is -2.08. The van der Waals surface area contributed by atoms with Gasteiger partial charge in [-0.3, -0.25) is 0 Å². The molecule has 0 bridgehead atoms. The number of aromatic carboxylic acids is 1. The van der Waals surface area contributed by atoms with Gasteiger partial charge >= 0.3 is 12.1 Å². The van der Waals surface area contributed by atoms with Crippen LogP contribution < -0.4 is 0 Å². The van der Waals surface area contributed by atoms with Crippen LogP contribution in [0.25, 0.3) is 11.1 Å². The minimum atomic E-state index is -4.80. The molecule has 20 heavy (non-hydrogen) atoms. The lowest BCUT2D eigenvalue weighted by molar-refractivity contribution is -0.139. The van der Waals surface area contributed by atoms with Crippen molar-refractivity contribution in [1.29, 1.82) is 0 Å². The van der Waals surface area contributed by atoms with Crippen molar-refractivity contribution in [2.45, 2.75) is 6.18 Å². The average molecular weight is 284 g/mol. The summed E-state index contributed by atoms with van der Waals surface area (Å²) in [7, 11) is 0. The quantitative estimate of drug-likeness (QED) is 0.839. The first-order chi connectivity index (χ1) is 9.29. The van der Waals surface area contributed by atoms with Crippen molar-refractivity contribution >= 4 is 5.97 Å². The number of carboxylic acid groups (broad SMARTS) is 1. The number of carboxylic acids is 1. The van der Waals surface area contributed by atoms with Crippen LogP contribution >= 0.6 is 0 Å². The topological polar surface area (TPSA) is 37.3 Å². The fourth-order valence-electron chi connectivity index (χ4n) is 1.75. The van der Waals surface area contributed by atoms with E-state index in [9.17, 15) is 22.4 Å². The van der Waals surface area contributed by atoms with Gasteiger partial charge in [-0.15, -0.1) is 0 Å². The highest BCUT2D eigenvalue weighted by atomic mass is 19.4. The molecule has 0 amide bonds. The number of alkyl halides is 3. The molecule has 0 atom stereocenters. The maximum absolute atomic E-state index is 13.2. The van der Waals surface area contributed by atoms with E-state index in [1.54, 1.807) is 0 Å². The maximum Gasteiger partial charge on any atom is 0.419 e. The summed E-state index contributed by atoms with van der Waals surface area (Å²) < 4.78 is 51.0. The van der Waals surface area contributed by atoms with Crippen molar-refractivity contribution in [3.05, 3.63) is 59.4 Å². The Labute approximate surface area is 111 Å². The number of hydrogen-bond donors (Lipinski definition) is 1. The maximum atomic E-state index is 13.2. The molecular formula is C14H8F4O2. The van der Waals surface area contributed by atoms with Gasteiger partial charge in [-0.25, -0.2) is 9.18 Å². The fraction of sp³-hybridized carbons (Fsp3) is 0.0714. The molecule has 0 unspecified atom stereocenters. The van der Waals surface area contributed by atoms with Gasteiger partial charge in [0.1, 0.15) is 5.82 Å². The van der Waals surface area contributed by atoms with Gasteiger partial charge in [-0.1, -0.05) is 18.2 Å². The van der Waals surface area contributed by atoms with Crippen molar-refractivity contribution in [2.24, 2.45) is 0 Å². The van der Waals surface area contributed by atoms with Crippen LogP contribution in [-0.2, 0) is 6.18 Å². The van der Waals surface area contributed by atoms with Crippen molar-refractivity contribution in [1.82, 2.24) is 0 Å². The average Bonchev–Trinajstić information content (AvgIpc) is 2.38. The minimum absolute atomic E-state index is 0.0552. The summed E-state index contributed by atoms with van der Waals surface area (Å²) >= 11 is 0. The molecule has 0 aromatic heterocycles. The van der Waals surface area contributed by atoms with Crippen LogP contribution in [0.3, 0.4) is 0 Å². The van der Waals surface area contributed by atoms with E-state index in [2.05, 4.69) is 0 Å². The number of halogens is 4. The van der Waals surface area contributed by atoms with E-state index < -0.39 is 23.5 Å². The molecule has 2 nitrogen and oxygen atoms in total. The number of benzene rings is 2. The zero-order valence-electron chi connectivity index (χ0n) is 9.91. The third-order valence-corrected chi connectivity index (χ3v) is 2.71. The monoisotopic (exact) mass is 284 g/mol. The molecule has 0 fully saturated rings. The van der Waals surface area contributed by atoms with Crippen LogP contribution in [0.1, 0.15) is 15.9 Å². The zero-order chi connectivity index (χ0) is 14.9. The van der Waals surface area contributed by atoms with Crippen LogP contribution in [0, 0.1) is 5.82 Å². The van der Waals surface area contributed by atoms with Gasteiger partial charge in [0.15, 0.2) is 0 Å². The second-order valence-corrected chi connectivity index (χ2v) is 4.08. The summed E-state index contributed by atoms with van der Waals surface area (Å²) in [5.74, 6) is -2.55. The molecular weight excluding hydrogens is 276 g/mol. The summed E-state index contributed by atoms with van der Waals surface area (Å²) in [5, 5.41) is 8.84. The summed E-state index contributed by atoms with van der Waals surface area (Å²) in [4.78, 5) is 10.8. The Balaban J connectivity index is 2.54. The molecule has 0 spiro atoms. The van der Waals surface area contributed by atoms with Gasteiger partial charge < -0.3 is 5.11 Å². The standard InChI is InChI=1S/C14H8F4O2/c15-12-5-4-9(7-11(12)14(16,17)18)8-2-1-3-10(6-8)13(19)20/h1-7H,(H,19,20). The molecule has 0 radical (unpaired) electrons. The van der Waals surface area contributed by atoms with Crippen LogP contribution in [0.15, 0.2) is 42.5 Å². The van der Waals surface area contributed by atoms with Crippen molar-refractivity contribution < 1.29 is 27.5 Å². The first-order valence-corrected chi connectivity index (χ1v) is 5.49. The Morgan fingerprint density at radius 2 is 1.65 bits per heavy atom. The van der Waals surface area contributed by atoms with E-state index in [-0.39, 0.29) is 16.7 Å². The molecule has 0 saturated carbocycles. The first kappa shape index (κ1) is 14.0. The highest BCUT2D eigenvalue weighted by molar-refractivity contribution is 5.89. The second kappa shape index (κ2) is 4.96. The molecule has 104 valence electrons. The van der Waals surface area contributed by atoms with Gasteiger partial charge in [0, 0.05) is 0 Å². The van der Waals surface area contributed by atoms with E-state index in [1.807, 2.05) is 0 Å². The largest absolute Gasteiger partial charge is 0.478 e. The fourth-order valence-corrected chi connectivity index (χ4v) is 1.75.